The molecule has 0 aliphatic carbocycles. The third-order valence-electron chi connectivity index (χ3n) is 8.01. The van der Waals surface area contributed by atoms with E-state index in [0.717, 1.165) is 73.5 Å². The van der Waals surface area contributed by atoms with Gasteiger partial charge in [-0.1, -0.05) is 26.7 Å². The van der Waals surface area contributed by atoms with Crippen LogP contribution in [-0.2, 0) is 4.74 Å². The first-order valence-corrected chi connectivity index (χ1v) is 13.1. The molecule has 188 valence electrons. The molecule has 3 aromatic rings. The Kier molecular flexibility index (Phi) is 6.93. The molecule has 0 radical (unpaired) electrons. The number of amides is 1. The fourth-order valence-corrected chi connectivity index (χ4v) is 5.65. The van der Waals surface area contributed by atoms with Crippen molar-refractivity contribution in [2.75, 3.05) is 45.9 Å². The van der Waals surface area contributed by atoms with E-state index >= 15 is 0 Å². The molecule has 2 fully saturated rings. The molecule has 2 saturated heterocycles. The number of H-pyrrole nitrogens is 1. The van der Waals surface area contributed by atoms with E-state index < -0.39 is 0 Å². The topological polar surface area (TPSA) is 83.5 Å². The van der Waals surface area contributed by atoms with Crippen LogP contribution in [0.4, 0.5) is 0 Å². The van der Waals surface area contributed by atoms with E-state index in [1.807, 2.05) is 28.6 Å². The van der Waals surface area contributed by atoms with Crippen LogP contribution in [0.3, 0.4) is 0 Å². The molecular formula is C27H37N5O3. The Hall–Kier alpha value is -2.71. The standard InChI is InChI=1S/C27H37N5O3/c1-4-19(5-2)17-30-8-10-31(11-9-30)27(34)21-15-22-24(14-18(21)3)29-26(33)23-16-28-32(25(22)23)20-6-12-35-13-7-20/h14-16,19-20H,4-13,17H2,1-3H3,(H,29,33). The van der Waals surface area contributed by atoms with Crippen LogP contribution in [0.1, 0.15) is 61.5 Å². The zero-order valence-corrected chi connectivity index (χ0v) is 21.2. The first-order valence-electron chi connectivity index (χ1n) is 13.1. The summed E-state index contributed by atoms with van der Waals surface area (Å²) in [5.74, 6) is 0.799. The van der Waals surface area contributed by atoms with Gasteiger partial charge in [0.25, 0.3) is 11.5 Å². The number of rotatable bonds is 6. The fourth-order valence-electron chi connectivity index (χ4n) is 5.65. The number of nitrogens with zero attached hydrogens (tertiary/aromatic N) is 4. The maximum absolute atomic E-state index is 13.6. The molecule has 0 atom stereocenters. The van der Waals surface area contributed by atoms with Crippen LogP contribution >= 0.6 is 0 Å². The summed E-state index contributed by atoms with van der Waals surface area (Å²) in [6, 6.07) is 4.10. The molecule has 1 aromatic carbocycles. The van der Waals surface area contributed by atoms with Gasteiger partial charge in [0.05, 0.1) is 28.7 Å². The van der Waals surface area contributed by atoms with Crippen molar-refractivity contribution in [3.63, 3.8) is 0 Å². The average Bonchev–Trinajstić information content (AvgIpc) is 3.34. The molecule has 5 rings (SSSR count). The van der Waals surface area contributed by atoms with Crippen LogP contribution in [0.15, 0.2) is 23.1 Å². The van der Waals surface area contributed by atoms with Crippen molar-refractivity contribution in [3.8, 4) is 0 Å². The number of carbonyl (C=O) groups excluding carboxylic acids is 1. The lowest BCUT2D eigenvalue weighted by atomic mass is 10.0. The first-order chi connectivity index (χ1) is 17.0. The van der Waals surface area contributed by atoms with Gasteiger partial charge in [-0.3, -0.25) is 19.2 Å². The number of fused-ring (bicyclic) bond motifs is 3. The monoisotopic (exact) mass is 479 g/mol. The quantitative estimate of drug-likeness (QED) is 0.582. The molecule has 2 aromatic heterocycles. The summed E-state index contributed by atoms with van der Waals surface area (Å²) in [4.78, 5) is 33.9. The maximum atomic E-state index is 13.6. The zero-order chi connectivity index (χ0) is 24.5. The lowest BCUT2D eigenvalue weighted by Crippen LogP contribution is -2.49. The van der Waals surface area contributed by atoms with Gasteiger partial charge in [-0.2, -0.15) is 5.10 Å². The molecule has 1 amide bonds. The molecule has 0 unspecified atom stereocenters. The number of hydrogen-bond acceptors (Lipinski definition) is 5. The molecule has 0 saturated carbocycles. The summed E-state index contributed by atoms with van der Waals surface area (Å²) in [7, 11) is 0. The highest BCUT2D eigenvalue weighted by Crippen LogP contribution is 2.30. The van der Waals surface area contributed by atoms with Gasteiger partial charge < -0.3 is 14.6 Å². The second kappa shape index (κ2) is 10.1. The third kappa shape index (κ3) is 4.61. The molecule has 8 nitrogen and oxygen atoms in total. The number of hydrogen-bond donors (Lipinski definition) is 1. The van der Waals surface area contributed by atoms with Crippen LogP contribution in [-0.4, -0.2) is 76.4 Å². The number of aromatic nitrogens is 3. The molecule has 1 N–H and O–H groups in total. The molecule has 0 spiro atoms. The Morgan fingerprint density at radius 1 is 1.11 bits per heavy atom. The van der Waals surface area contributed by atoms with Gasteiger partial charge in [0.1, 0.15) is 0 Å². The first kappa shape index (κ1) is 24.0. The second-order valence-electron chi connectivity index (χ2n) is 10.1. The molecule has 0 bridgehead atoms. The largest absolute Gasteiger partial charge is 0.381 e. The molecular weight excluding hydrogens is 442 g/mol. The van der Waals surface area contributed by atoms with Crippen molar-refractivity contribution in [1.82, 2.24) is 24.6 Å². The smallest absolute Gasteiger partial charge is 0.259 e. The van der Waals surface area contributed by atoms with E-state index in [4.69, 9.17) is 4.74 Å². The van der Waals surface area contributed by atoms with E-state index in [2.05, 4.69) is 28.8 Å². The summed E-state index contributed by atoms with van der Waals surface area (Å²) in [5, 5.41) is 6.05. The highest BCUT2D eigenvalue weighted by Gasteiger charge is 2.26. The maximum Gasteiger partial charge on any atom is 0.259 e. The van der Waals surface area contributed by atoms with Gasteiger partial charge in [-0.05, 0) is 43.4 Å². The highest BCUT2D eigenvalue weighted by atomic mass is 16.5. The number of benzene rings is 1. The number of aromatic amines is 1. The lowest BCUT2D eigenvalue weighted by Gasteiger charge is -2.36. The summed E-state index contributed by atoms with van der Waals surface area (Å²) in [6.07, 6.45) is 5.79. The van der Waals surface area contributed by atoms with Crippen molar-refractivity contribution in [2.45, 2.75) is 52.5 Å². The van der Waals surface area contributed by atoms with Gasteiger partial charge in [0, 0.05) is 56.9 Å². The van der Waals surface area contributed by atoms with Gasteiger partial charge in [0.2, 0.25) is 0 Å². The third-order valence-corrected chi connectivity index (χ3v) is 8.01. The minimum Gasteiger partial charge on any atom is -0.381 e. The minimum absolute atomic E-state index is 0.0723. The Morgan fingerprint density at radius 2 is 1.83 bits per heavy atom. The molecule has 4 heterocycles. The summed E-state index contributed by atoms with van der Waals surface area (Å²) >= 11 is 0. The molecule has 35 heavy (non-hydrogen) atoms. The van der Waals surface area contributed by atoms with Gasteiger partial charge in [-0.25, -0.2) is 0 Å². The second-order valence-corrected chi connectivity index (χ2v) is 10.1. The number of ether oxygens (including phenoxy) is 1. The number of nitrogens with one attached hydrogen (secondary N) is 1. The molecule has 2 aliphatic heterocycles. The fraction of sp³-hybridized carbons (Fsp3) is 0.593. The normalized spacial score (nSPS) is 18.2. The predicted molar refractivity (Wildman–Crippen MR) is 138 cm³/mol. The van der Waals surface area contributed by atoms with Crippen LogP contribution in [0.2, 0.25) is 0 Å². The summed E-state index contributed by atoms with van der Waals surface area (Å²) < 4.78 is 7.52. The number of carbonyl (C=O) groups is 1. The predicted octanol–water partition coefficient (Wildman–Crippen LogP) is 3.73. The minimum atomic E-state index is -0.141. The van der Waals surface area contributed by atoms with E-state index in [9.17, 15) is 9.59 Å². The molecule has 8 heteroatoms. The van der Waals surface area contributed by atoms with Crippen LogP contribution in [0, 0.1) is 12.8 Å². The Morgan fingerprint density at radius 3 is 2.51 bits per heavy atom. The Balaban J connectivity index is 1.46. The Bertz CT molecular complexity index is 1260. The summed E-state index contributed by atoms with van der Waals surface area (Å²) in [6.45, 7) is 12.3. The number of aryl methyl sites for hydroxylation is 1. The van der Waals surface area contributed by atoms with Crippen LogP contribution in [0.5, 0.6) is 0 Å². The van der Waals surface area contributed by atoms with E-state index in [1.54, 1.807) is 6.20 Å². The SMILES string of the molecule is CCC(CC)CN1CCN(C(=O)c2cc3c(cc2C)[nH]c(=O)c2cnn(C4CCOCC4)c23)CC1. The van der Waals surface area contributed by atoms with Crippen molar-refractivity contribution < 1.29 is 9.53 Å². The van der Waals surface area contributed by atoms with Crippen molar-refractivity contribution in [2.24, 2.45) is 5.92 Å². The van der Waals surface area contributed by atoms with Gasteiger partial charge in [0.15, 0.2) is 0 Å². The van der Waals surface area contributed by atoms with E-state index in [1.165, 1.54) is 12.8 Å². The number of piperazine rings is 1. The molecule has 2 aliphatic rings. The number of pyridine rings is 1. The van der Waals surface area contributed by atoms with Crippen molar-refractivity contribution in [1.29, 1.82) is 0 Å². The Labute approximate surface area is 206 Å². The van der Waals surface area contributed by atoms with Crippen molar-refractivity contribution >= 4 is 27.7 Å². The van der Waals surface area contributed by atoms with Crippen molar-refractivity contribution in [3.05, 3.63) is 39.8 Å². The zero-order valence-electron chi connectivity index (χ0n) is 21.2. The average molecular weight is 480 g/mol. The lowest BCUT2D eigenvalue weighted by molar-refractivity contribution is 0.0614. The van der Waals surface area contributed by atoms with Gasteiger partial charge in [-0.15, -0.1) is 0 Å². The summed E-state index contributed by atoms with van der Waals surface area (Å²) in [5.41, 5.74) is 3.02. The van der Waals surface area contributed by atoms with E-state index in [-0.39, 0.29) is 17.5 Å². The highest BCUT2D eigenvalue weighted by molar-refractivity contribution is 6.07. The van der Waals surface area contributed by atoms with Crippen LogP contribution in [0.25, 0.3) is 21.8 Å². The van der Waals surface area contributed by atoms with Gasteiger partial charge >= 0.3 is 0 Å². The van der Waals surface area contributed by atoms with Crippen LogP contribution < -0.4 is 5.56 Å². The van der Waals surface area contributed by atoms with E-state index in [0.29, 0.717) is 24.2 Å².